The standard InChI is InChI=1S/C29H20F2N2O4S/c30-21-11-12-25(24(31)15-21)32-27(34)16-33-28(35)26(38-29(33)36)14-18-5-3-9-22(13-18)37-17-20-8-4-7-19-6-1-2-10-23(19)20/h1-15H,16-17H2,(H,32,34)/b26-14+. The number of thioether (sulfide) groups is 1. The van der Waals surface area contributed by atoms with Gasteiger partial charge < -0.3 is 10.1 Å². The highest BCUT2D eigenvalue weighted by Crippen LogP contribution is 2.33. The molecule has 0 bridgehead atoms. The van der Waals surface area contributed by atoms with Crippen LogP contribution in [0, 0.1) is 11.6 Å². The van der Waals surface area contributed by atoms with Gasteiger partial charge in [-0.05, 0) is 64.0 Å². The predicted octanol–water partition coefficient (Wildman–Crippen LogP) is 6.37. The lowest BCUT2D eigenvalue weighted by atomic mass is 10.1. The van der Waals surface area contributed by atoms with Gasteiger partial charge in [-0.25, -0.2) is 8.78 Å². The number of nitrogens with zero attached hydrogens (tertiary/aromatic N) is 1. The van der Waals surface area contributed by atoms with Crippen LogP contribution in [0.3, 0.4) is 0 Å². The van der Waals surface area contributed by atoms with Crippen molar-refractivity contribution >= 4 is 51.4 Å². The average molecular weight is 531 g/mol. The second-order valence-corrected chi connectivity index (χ2v) is 9.43. The van der Waals surface area contributed by atoms with Crippen LogP contribution in [-0.4, -0.2) is 28.5 Å². The van der Waals surface area contributed by atoms with Crippen LogP contribution in [0.4, 0.5) is 19.3 Å². The largest absolute Gasteiger partial charge is 0.489 e. The first-order valence-corrected chi connectivity index (χ1v) is 12.4. The third-order valence-corrected chi connectivity index (χ3v) is 6.72. The molecule has 0 radical (unpaired) electrons. The van der Waals surface area contributed by atoms with Gasteiger partial charge in [0.05, 0.1) is 10.6 Å². The number of hydrogen-bond acceptors (Lipinski definition) is 5. The molecule has 0 aromatic heterocycles. The first-order valence-electron chi connectivity index (χ1n) is 11.6. The minimum atomic E-state index is -0.963. The van der Waals surface area contributed by atoms with Crippen molar-refractivity contribution in [2.45, 2.75) is 6.61 Å². The number of fused-ring (bicyclic) bond motifs is 1. The molecule has 5 rings (SSSR count). The molecule has 1 heterocycles. The van der Waals surface area contributed by atoms with E-state index in [1.807, 2.05) is 42.5 Å². The summed E-state index contributed by atoms with van der Waals surface area (Å²) < 4.78 is 32.9. The Labute approximate surface area is 220 Å². The van der Waals surface area contributed by atoms with Gasteiger partial charge in [0.25, 0.3) is 11.1 Å². The van der Waals surface area contributed by atoms with E-state index < -0.39 is 35.2 Å². The van der Waals surface area contributed by atoms with E-state index in [4.69, 9.17) is 4.74 Å². The second-order valence-electron chi connectivity index (χ2n) is 8.44. The third-order valence-electron chi connectivity index (χ3n) is 5.81. The Hall–Kier alpha value is -4.50. The Bertz CT molecular complexity index is 1600. The molecule has 1 aliphatic rings. The van der Waals surface area contributed by atoms with Crippen LogP contribution >= 0.6 is 11.8 Å². The Morgan fingerprint density at radius 2 is 1.74 bits per heavy atom. The maximum Gasteiger partial charge on any atom is 0.294 e. The van der Waals surface area contributed by atoms with Crippen LogP contribution in [0.25, 0.3) is 16.8 Å². The molecular formula is C29H20F2N2O4S. The van der Waals surface area contributed by atoms with Gasteiger partial charge in [-0.3, -0.25) is 19.3 Å². The maximum atomic E-state index is 13.8. The van der Waals surface area contributed by atoms with Gasteiger partial charge in [-0.2, -0.15) is 0 Å². The van der Waals surface area contributed by atoms with Crippen molar-refractivity contribution in [2.75, 3.05) is 11.9 Å². The van der Waals surface area contributed by atoms with Gasteiger partial charge in [0.2, 0.25) is 5.91 Å². The minimum absolute atomic E-state index is 0.141. The van der Waals surface area contributed by atoms with Crippen molar-refractivity contribution in [3.05, 3.63) is 113 Å². The minimum Gasteiger partial charge on any atom is -0.489 e. The lowest BCUT2D eigenvalue weighted by Crippen LogP contribution is -2.36. The zero-order valence-corrected chi connectivity index (χ0v) is 20.6. The molecule has 3 amide bonds. The van der Waals surface area contributed by atoms with Crippen molar-refractivity contribution in [3.63, 3.8) is 0 Å². The van der Waals surface area contributed by atoms with Gasteiger partial charge in [0.1, 0.15) is 30.5 Å². The van der Waals surface area contributed by atoms with Crippen molar-refractivity contribution in [3.8, 4) is 5.75 Å². The fourth-order valence-corrected chi connectivity index (χ4v) is 4.82. The molecule has 190 valence electrons. The maximum absolute atomic E-state index is 13.8. The molecule has 0 unspecified atom stereocenters. The monoisotopic (exact) mass is 530 g/mol. The number of hydrogen-bond donors (Lipinski definition) is 1. The van der Waals surface area contributed by atoms with Gasteiger partial charge >= 0.3 is 0 Å². The molecule has 1 N–H and O–H groups in total. The molecular weight excluding hydrogens is 510 g/mol. The predicted molar refractivity (Wildman–Crippen MR) is 142 cm³/mol. The van der Waals surface area contributed by atoms with Crippen LogP contribution in [0.5, 0.6) is 5.75 Å². The molecule has 1 aliphatic heterocycles. The summed E-state index contributed by atoms with van der Waals surface area (Å²) in [6, 6.07) is 23.8. The first kappa shape index (κ1) is 25.2. The summed E-state index contributed by atoms with van der Waals surface area (Å²) in [5, 5.41) is 3.84. The number of amides is 3. The van der Waals surface area contributed by atoms with E-state index in [1.165, 1.54) is 0 Å². The Morgan fingerprint density at radius 1 is 0.947 bits per heavy atom. The molecule has 38 heavy (non-hydrogen) atoms. The summed E-state index contributed by atoms with van der Waals surface area (Å²) in [7, 11) is 0. The van der Waals surface area contributed by atoms with Crippen LogP contribution in [-0.2, 0) is 16.2 Å². The van der Waals surface area contributed by atoms with Gasteiger partial charge in [0.15, 0.2) is 0 Å². The molecule has 0 aliphatic carbocycles. The summed E-state index contributed by atoms with van der Waals surface area (Å²) in [4.78, 5) is 38.5. The summed E-state index contributed by atoms with van der Waals surface area (Å²) >= 11 is 0.702. The van der Waals surface area contributed by atoms with Crippen LogP contribution < -0.4 is 10.1 Å². The Kier molecular flexibility index (Phi) is 7.19. The average Bonchev–Trinajstić information content (AvgIpc) is 3.16. The lowest BCUT2D eigenvalue weighted by molar-refractivity contribution is -0.127. The number of rotatable bonds is 7. The van der Waals surface area contributed by atoms with Crippen LogP contribution in [0.15, 0.2) is 89.8 Å². The summed E-state index contributed by atoms with van der Waals surface area (Å²) in [6.07, 6.45) is 1.55. The molecule has 0 saturated carbocycles. The van der Waals surface area contributed by atoms with E-state index in [0.29, 0.717) is 35.7 Å². The van der Waals surface area contributed by atoms with Crippen molar-refractivity contribution in [1.29, 1.82) is 0 Å². The fourth-order valence-electron chi connectivity index (χ4n) is 3.99. The Balaban J connectivity index is 1.25. The molecule has 9 heteroatoms. The third kappa shape index (κ3) is 5.57. The number of carbonyl (C=O) groups excluding carboxylic acids is 3. The first-order chi connectivity index (χ1) is 18.4. The summed E-state index contributed by atoms with van der Waals surface area (Å²) in [5.41, 5.74) is 1.43. The van der Waals surface area contributed by atoms with Crippen molar-refractivity contribution in [1.82, 2.24) is 4.90 Å². The highest BCUT2D eigenvalue weighted by molar-refractivity contribution is 8.18. The van der Waals surface area contributed by atoms with E-state index in [-0.39, 0.29) is 10.6 Å². The van der Waals surface area contributed by atoms with Gasteiger partial charge in [-0.1, -0.05) is 54.6 Å². The topological polar surface area (TPSA) is 75.7 Å². The van der Waals surface area contributed by atoms with Crippen molar-refractivity contribution in [2.24, 2.45) is 0 Å². The number of imide groups is 1. The molecule has 0 spiro atoms. The molecule has 0 atom stereocenters. The fraction of sp³-hybridized carbons (Fsp3) is 0.0690. The van der Waals surface area contributed by atoms with E-state index in [0.717, 1.165) is 33.4 Å². The molecule has 1 fully saturated rings. The second kappa shape index (κ2) is 10.9. The SMILES string of the molecule is O=C(CN1C(=O)S/C(=C/c2cccc(OCc3cccc4ccccc34)c2)C1=O)Nc1ccc(F)cc1F. The van der Waals surface area contributed by atoms with Crippen LogP contribution in [0.2, 0.25) is 0 Å². The van der Waals surface area contributed by atoms with Gasteiger partial charge in [0, 0.05) is 6.07 Å². The molecule has 4 aromatic rings. The summed E-state index contributed by atoms with van der Waals surface area (Å²) in [5.74, 6) is -2.60. The van der Waals surface area contributed by atoms with E-state index in [2.05, 4.69) is 5.32 Å². The van der Waals surface area contributed by atoms with E-state index >= 15 is 0 Å². The number of carbonyl (C=O) groups is 3. The highest BCUT2D eigenvalue weighted by atomic mass is 32.2. The summed E-state index contributed by atoms with van der Waals surface area (Å²) in [6.45, 7) is -0.252. The van der Waals surface area contributed by atoms with Crippen molar-refractivity contribution < 1.29 is 27.9 Å². The molecule has 1 saturated heterocycles. The van der Waals surface area contributed by atoms with Gasteiger partial charge in [-0.15, -0.1) is 0 Å². The van der Waals surface area contributed by atoms with E-state index in [9.17, 15) is 23.2 Å². The zero-order valence-electron chi connectivity index (χ0n) is 19.8. The zero-order chi connectivity index (χ0) is 26.6. The normalized spacial score (nSPS) is 14.4. The highest BCUT2D eigenvalue weighted by Gasteiger charge is 2.36. The smallest absolute Gasteiger partial charge is 0.294 e. The Morgan fingerprint density at radius 3 is 2.58 bits per heavy atom. The number of halogens is 2. The number of ether oxygens (including phenoxy) is 1. The molecule has 4 aromatic carbocycles. The quantitative estimate of drug-likeness (QED) is 0.281. The lowest BCUT2D eigenvalue weighted by Gasteiger charge is -2.12. The number of benzene rings is 4. The number of nitrogens with one attached hydrogen (secondary N) is 1. The van der Waals surface area contributed by atoms with E-state index in [1.54, 1.807) is 30.3 Å². The molecule has 6 nitrogen and oxygen atoms in total. The number of anilines is 1. The van der Waals surface area contributed by atoms with Crippen LogP contribution in [0.1, 0.15) is 11.1 Å².